The van der Waals surface area contributed by atoms with Crippen LogP contribution in [-0.4, -0.2) is 99.9 Å². The summed E-state index contributed by atoms with van der Waals surface area (Å²) < 4.78 is 20.3. The van der Waals surface area contributed by atoms with Gasteiger partial charge in [0.05, 0.1) is 18.2 Å². The first-order valence-electron chi connectivity index (χ1n) is 15.1. The number of hydrogen-bond acceptors (Lipinski definition) is 9. The monoisotopic (exact) mass is 581 g/mol. The number of piperidine rings is 1. The fourth-order valence-electron chi connectivity index (χ4n) is 7.35. The molecule has 1 aromatic carbocycles. The number of rotatable bonds is 8. The maximum Gasteiger partial charge on any atom is 0.282 e. The normalized spacial score (nSPS) is 24.5. The molecule has 2 amide bonds. The molecule has 1 aromatic heterocycles. The second-order valence-electron chi connectivity index (χ2n) is 12.6. The molecule has 4 fully saturated rings. The molecule has 0 radical (unpaired) electrons. The van der Waals surface area contributed by atoms with Crippen molar-refractivity contribution in [2.24, 2.45) is 17.3 Å². The summed E-state index contributed by atoms with van der Waals surface area (Å²) in [6.07, 6.45) is 6.85. The summed E-state index contributed by atoms with van der Waals surface area (Å²) in [5, 5.41) is 21.0. The van der Waals surface area contributed by atoms with Crippen molar-refractivity contribution in [2.45, 2.75) is 58.0 Å². The Morgan fingerprint density at radius 2 is 2.02 bits per heavy atom. The second-order valence-corrected chi connectivity index (χ2v) is 12.6. The number of likely N-dealkylation sites (tertiary alicyclic amines) is 1. The summed E-state index contributed by atoms with van der Waals surface area (Å²) in [7, 11) is 0. The first-order valence-corrected chi connectivity index (χ1v) is 15.1. The van der Waals surface area contributed by atoms with Crippen LogP contribution in [-0.2, 0) is 4.79 Å². The number of aromatic nitrogens is 3. The van der Waals surface area contributed by atoms with Crippen molar-refractivity contribution in [1.82, 2.24) is 30.3 Å². The molecule has 0 bridgehead atoms. The number of nitrogens with zero attached hydrogens (tertiary/aromatic N) is 6. The van der Waals surface area contributed by atoms with Crippen LogP contribution in [0.5, 0.6) is 11.6 Å². The van der Waals surface area contributed by atoms with Crippen LogP contribution in [0, 0.1) is 23.1 Å². The number of aliphatic hydroxyl groups excluding tert-OH is 1. The number of carbonyl (C=O) groups excluding carboxylic acids is 2. The number of carbonyl (C=O) groups is 2. The van der Waals surface area contributed by atoms with E-state index in [0.717, 1.165) is 58.1 Å². The van der Waals surface area contributed by atoms with Crippen molar-refractivity contribution < 1.29 is 23.8 Å². The molecule has 1 aliphatic carbocycles. The van der Waals surface area contributed by atoms with Crippen molar-refractivity contribution in [3.05, 3.63) is 35.9 Å². The van der Waals surface area contributed by atoms with Gasteiger partial charge in [0.2, 0.25) is 5.91 Å². The third kappa shape index (κ3) is 5.42. The SMILES string of the molecule is CC(C)N(CCO)C(=O)c1cc(F)ccc1Oc1nncnc1N1CC2(CCN(C(=O)[C@H]3NC[C@@H]4CCC[C@@H]43)CC2)C1. The summed E-state index contributed by atoms with van der Waals surface area (Å²) >= 11 is 0. The highest BCUT2D eigenvalue weighted by Crippen LogP contribution is 2.45. The maximum absolute atomic E-state index is 14.2. The van der Waals surface area contributed by atoms with Gasteiger partial charge in [-0.1, -0.05) is 6.42 Å². The zero-order chi connectivity index (χ0) is 29.4. The van der Waals surface area contributed by atoms with Gasteiger partial charge in [-0.25, -0.2) is 9.37 Å². The minimum Gasteiger partial charge on any atom is -0.434 e. The third-order valence-electron chi connectivity index (χ3n) is 9.68. The highest BCUT2D eigenvalue weighted by atomic mass is 19.1. The van der Waals surface area contributed by atoms with Crippen LogP contribution >= 0.6 is 0 Å². The van der Waals surface area contributed by atoms with Gasteiger partial charge >= 0.3 is 0 Å². The second kappa shape index (κ2) is 11.7. The molecule has 1 spiro atoms. The lowest BCUT2D eigenvalue weighted by atomic mass is 9.72. The van der Waals surface area contributed by atoms with Crippen molar-refractivity contribution in [1.29, 1.82) is 0 Å². The molecule has 3 saturated heterocycles. The third-order valence-corrected chi connectivity index (χ3v) is 9.68. The molecule has 6 rings (SSSR count). The Balaban J connectivity index is 1.11. The molecule has 1 saturated carbocycles. The van der Waals surface area contributed by atoms with E-state index in [9.17, 15) is 19.1 Å². The van der Waals surface area contributed by atoms with Gasteiger partial charge in [-0.15, -0.1) is 10.2 Å². The molecule has 3 aliphatic heterocycles. The molecule has 4 aliphatic rings. The number of fused-ring (bicyclic) bond motifs is 1. The van der Waals surface area contributed by atoms with Crippen LogP contribution in [0.4, 0.5) is 10.2 Å². The van der Waals surface area contributed by atoms with Crippen LogP contribution in [0.3, 0.4) is 0 Å². The van der Waals surface area contributed by atoms with E-state index in [4.69, 9.17) is 4.74 Å². The minimum absolute atomic E-state index is 0.0178. The smallest absolute Gasteiger partial charge is 0.282 e. The zero-order valence-corrected chi connectivity index (χ0v) is 24.3. The van der Waals surface area contributed by atoms with Crippen molar-refractivity contribution in [2.75, 3.05) is 50.8 Å². The molecule has 4 heterocycles. The van der Waals surface area contributed by atoms with Crippen molar-refractivity contribution in [3.8, 4) is 11.6 Å². The molecule has 226 valence electrons. The molecule has 2 aromatic rings. The summed E-state index contributed by atoms with van der Waals surface area (Å²) in [5.74, 6) is 1.19. The topological polar surface area (TPSA) is 124 Å². The lowest BCUT2D eigenvalue weighted by Crippen LogP contribution is -2.62. The van der Waals surface area contributed by atoms with Crippen molar-refractivity contribution in [3.63, 3.8) is 0 Å². The lowest BCUT2D eigenvalue weighted by Gasteiger charge is -2.54. The Hall–Kier alpha value is -3.38. The highest BCUT2D eigenvalue weighted by molar-refractivity contribution is 5.97. The molecule has 42 heavy (non-hydrogen) atoms. The van der Waals surface area contributed by atoms with E-state index in [1.807, 2.05) is 13.8 Å². The van der Waals surface area contributed by atoms with Gasteiger partial charge < -0.3 is 29.9 Å². The fraction of sp³-hybridized carbons (Fsp3) is 0.633. The lowest BCUT2D eigenvalue weighted by molar-refractivity contribution is -0.136. The fourth-order valence-corrected chi connectivity index (χ4v) is 7.35. The maximum atomic E-state index is 14.2. The quantitative estimate of drug-likeness (QED) is 0.484. The molecular weight excluding hydrogens is 541 g/mol. The molecular formula is C30H40FN7O4. The Kier molecular flexibility index (Phi) is 8.01. The molecule has 11 nitrogen and oxygen atoms in total. The number of nitrogens with one attached hydrogen (secondary N) is 1. The predicted molar refractivity (Wildman–Crippen MR) is 153 cm³/mol. The average molecular weight is 582 g/mol. The van der Waals surface area contributed by atoms with E-state index >= 15 is 0 Å². The van der Waals surface area contributed by atoms with Crippen molar-refractivity contribution >= 4 is 17.6 Å². The van der Waals surface area contributed by atoms with E-state index in [2.05, 4.69) is 30.3 Å². The van der Waals surface area contributed by atoms with Gasteiger partial charge in [0, 0.05) is 44.2 Å². The number of anilines is 1. The minimum atomic E-state index is -0.572. The summed E-state index contributed by atoms with van der Waals surface area (Å²) in [6, 6.07) is 3.53. The number of amides is 2. The van der Waals surface area contributed by atoms with E-state index in [1.165, 1.54) is 36.2 Å². The number of ether oxygens (including phenoxy) is 1. The summed E-state index contributed by atoms with van der Waals surface area (Å²) in [4.78, 5) is 36.7. The number of benzene rings is 1. The van der Waals surface area contributed by atoms with Crippen LogP contribution in [0.25, 0.3) is 0 Å². The molecule has 0 unspecified atom stereocenters. The molecule has 3 atom stereocenters. The van der Waals surface area contributed by atoms with E-state index < -0.39 is 11.7 Å². The van der Waals surface area contributed by atoms with Crippen LogP contribution in [0.15, 0.2) is 24.5 Å². The van der Waals surface area contributed by atoms with Gasteiger partial charge in [0.1, 0.15) is 17.9 Å². The first-order chi connectivity index (χ1) is 20.3. The zero-order valence-electron chi connectivity index (χ0n) is 24.3. The first kappa shape index (κ1) is 28.7. The van der Waals surface area contributed by atoms with Gasteiger partial charge in [-0.05, 0) is 76.1 Å². The number of aliphatic hydroxyl groups is 1. The van der Waals surface area contributed by atoms with Gasteiger partial charge in [0.25, 0.3) is 11.8 Å². The Morgan fingerprint density at radius 3 is 2.76 bits per heavy atom. The Labute approximate surface area is 245 Å². The average Bonchev–Trinajstić information content (AvgIpc) is 3.60. The Bertz CT molecular complexity index is 1310. The van der Waals surface area contributed by atoms with E-state index in [-0.39, 0.29) is 53.8 Å². The van der Waals surface area contributed by atoms with Crippen LogP contribution in [0.1, 0.15) is 56.3 Å². The predicted octanol–water partition coefficient (Wildman–Crippen LogP) is 2.46. The van der Waals surface area contributed by atoms with Crippen LogP contribution < -0.4 is 15.0 Å². The molecule has 12 heteroatoms. The van der Waals surface area contributed by atoms with E-state index in [0.29, 0.717) is 17.7 Å². The largest absolute Gasteiger partial charge is 0.434 e. The molecule has 2 N–H and O–H groups in total. The van der Waals surface area contributed by atoms with Crippen LogP contribution in [0.2, 0.25) is 0 Å². The van der Waals surface area contributed by atoms with E-state index in [1.54, 1.807) is 0 Å². The highest BCUT2D eigenvalue weighted by Gasteiger charge is 2.49. The van der Waals surface area contributed by atoms with Gasteiger partial charge in [-0.3, -0.25) is 9.59 Å². The number of halogens is 1. The van der Waals surface area contributed by atoms with Gasteiger partial charge in [0.15, 0.2) is 5.82 Å². The standard InChI is InChI=1S/C30H40FN7O4/c1-19(2)38(12-13-39)28(40)23-14-21(31)6-7-24(23)42-27-26(33-18-34-35-27)37-16-30(17-37)8-10-36(11-9-30)29(41)25-22-5-3-4-20(22)15-32-25/h6-7,14,18-20,22,25,32,39H,3-5,8-13,15-17H2,1-2H3/t20-,22-,25-/m0/s1. The van der Waals surface area contributed by atoms with Gasteiger partial charge in [-0.2, -0.15) is 0 Å². The summed E-state index contributed by atoms with van der Waals surface area (Å²) in [5.41, 5.74) is 0.128. The Morgan fingerprint density at radius 1 is 1.24 bits per heavy atom. The number of hydrogen-bond donors (Lipinski definition) is 2. The summed E-state index contributed by atoms with van der Waals surface area (Å²) in [6.45, 7) is 7.55.